The molecular formula is C12H19N3O3S. The lowest BCUT2D eigenvalue weighted by Crippen LogP contribution is -2.47. The van der Waals surface area contributed by atoms with Gasteiger partial charge in [-0.25, -0.2) is 8.42 Å². The first-order valence-electron chi connectivity index (χ1n) is 5.89. The maximum Gasteiger partial charge on any atom is 0.241 e. The Kier molecular flexibility index (Phi) is 5.04. The first-order valence-corrected chi connectivity index (χ1v) is 7.37. The normalized spacial score (nSPS) is 13.5. The number of carbonyl (C=O) groups is 1. The molecule has 1 aromatic rings. The molecule has 1 unspecified atom stereocenters. The van der Waals surface area contributed by atoms with Crippen molar-refractivity contribution in [3.63, 3.8) is 0 Å². The third kappa shape index (κ3) is 3.76. The highest BCUT2D eigenvalue weighted by Gasteiger charge is 2.27. The summed E-state index contributed by atoms with van der Waals surface area (Å²) in [5, 5.41) is 0. The van der Waals surface area contributed by atoms with Crippen molar-refractivity contribution in [2.75, 3.05) is 0 Å². The number of rotatable bonds is 6. The van der Waals surface area contributed by atoms with E-state index in [9.17, 15) is 13.2 Å². The Morgan fingerprint density at radius 3 is 2.37 bits per heavy atom. The second-order valence-corrected chi connectivity index (χ2v) is 6.24. The number of benzene rings is 1. The zero-order chi connectivity index (χ0) is 14.6. The maximum atomic E-state index is 12.3. The summed E-state index contributed by atoms with van der Waals surface area (Å²) in [5.74, 6) is -0.943. The van der Waals surface area contributed by atoms with Crippen molar-refractivity contribution in [2.24, 2.45) is 17.4 Å². The largest absolute Gasteiger partial charge is 0.368 e. The Labute approximate surface area is 113 Å². The van der Waals surface area contributed by atoms with Crippen molar-refractivity contribution >= 4 is 15.9 Å². The van der Waals surface area contributed by atoms with Crippen LogP contribution < -0.4 is 16.2 Å². The third-order valence-electron chi connectivity index (χ3n) is 2.74. The molecule has 0 fully saturated rings. The van der Waals surface area contributed by atoms with Gasteiger partial charge in [0.1, 0.15) is 6.04 Å². The molecule has 0 aliphatic rings. The van der Waals surface area contributed by atoms with Crippen molar-refractivity contribution in [2.45, 2.75) is 31.3 Å². The van der Waals surface area contributed by atoms with Crippen LogP contribution in [-0.2, 0) is 21.4 Å². The van der Waals surface area contributed by atoms with E-state index >= 15 is 0 Å². The number of hydrogen-bond donors (Lipinski definition) is 3. The standard InChI is InChI=1S/C12H19N3O3S/c1-8(2)11(12(14)16)15-19(17,18)10-6-4-3-5-9(10)7-13/h3-6,8,11,15H,7,13H2,1-2H3,(H2,14,16). The first kappa shape index (κ1) is 15.6. The molecule has 0 bridgehead atoms. The van der Waals surface area contributed by atoms with E-state index in [4.69, 9.17) is 11.5 Å². The molecule has 6 nitrogen and oxygen atoms in total. The van der Waals surface area contributed by atoms with Crippen LogP contribution >= 0.6 is 0 Å². The van der Waals surface area contributed by atoms with Crippen LogP contribution in [0.3, 0.4) is 0 Å². The summed E-state index contributed by atoms with van der Waals surface area (Å²) in [7, 11) is -3.82. The summed E-state index contributed by atoms with van der Waals surface area (Å²) in [4.78, 5) is 11.3. The van der Waals surface area contributed by atoms with Gasteiger partial charge in [0.2, 0.25) is 15.9 Å². The van der Waals surface area contributed by atoms with Gasteiger partial charge in [0.25, 0.3) is 0 Å². The zero-order valence-electron chi connectivity index (χ0n) is 11.0. The summed E-state index contributed by atoms with van der Waals surface area (Å²) >= 11 is 0. The van der Waals surface area contributed by atoms with E-state index in [0.29, 0.717) is 5.56 Å². The van der Waals surface area contributed by atoms with Gasteiger partial charge >= 0.3 is 0 Å². The molecule has 1 aromatic carbocycles. The van der Waals surface area contributed by atoms with Gasteiger partial charge < -0.3 is 11.5 Å². The minimum atomic E-state index is -3.82. The summed E-state index contributed by atoms with van der Waals surface area (Å²) in [5.41, 5.74) is 11.2. The van der Waals surface area contributed by atoms with E-state index in [0.717, 1.165) is 0 Å². The molecule has 1 amide bonds. The van der Waals surface area contributed by atoms with Crippen molar-refractivity contribution in [1.29, 1.82) is 0 Å². The number of nitrogens with one attached hydrogen (secondary N) is 1. The van der Waals surface area contributed by atoms with E-state index in [-0.39, 0.29) is 17.4 Å². The first-order chi connectivity index (χ1) is 8.79. The number of primary amides is 1. The maximum absolute atomic E-state index is 12.3. The van der Waals surface area contributed by atoms with Gasteiger partial charge in [-0.3, -0.25) is 4.79 Å². The van der Waals surface area contributed by atoms with Crippen molar-refractivity contribution in [3.05, 3.63) is 29.8 Å². The minimum absolute atomic E-state index is 0.0735. The molecule has 0 radical (unpaired) electrons. The lowest BCUT2D eigenvalue weighted by Gasteiger charge is -2.19. The third-order valence-corrected chi connectivity index (χ3v) is 4.28. The van der Waals surface area contributed by atoms with Gasteiger partial charge in [0.05, 0.1) is 4.90 Å². The smallest absolute Gasteiger partial charge is 0.241 e. The Bertz CT molecular complexity index is 555. The van der Waals surface area contributed by atoms with E-state index in [1.807, 2.05) is 0 Å². The molecule has 0 aromatic heterocycles. The van der Waals surface area contributed by atoms with Crippen LogP contribution in [-0.4, -0.2) is 20.4 Å². The van der Waals surface area contributed by atoms with Crippen LogP contribution in [0.1, 0.15) is 19.4 Å². The van der Waals surface area contributed by atoms with Crippen LogP contribution in [0.4, 0.5) is 0 Å². The number of nitrogens with two attached hydrogens (primary N) is 2. The molecule has 5 N–H and O–H groups in total. The molecule has 19 heavy (non-hydrogen) atoms. The Morgan fingerprint density at radius 2 is 1.89 bits per heavy atom. The predicted molar refractivity (Wildman–Crippen MR) is 72.5 cm³/mol. The van der Waals surface area contributed by atoms with Crippen molar-refractivity contribution < 1.29 is 13.2 Å². The fourth-order valence-corrected chi connectivity index (χ4v) is 3.29. The van der Waals surface area contributed by atoms with E-state index in [1.165, 1.54) is 6.07 Å². The predicted octanol–water partition coefficient (Wildman–Crippen LogP) is -0.0665. The number of hydrogen-bond acceptors (Lipinski definition) is 4. The highest BCUT2D eigenvalue weighted by Crippen LogP contribution is 2.16. The Hall–Kier alpha value is -1.44. The monoisotopic (exact) mass is 285 g/mol. The molecule has 0 aliphatic heterocycles. The second-order valence-electron chi connectivity index (χ2n) is 4.56. The Balaban J connectivity index is 3.14. The van der Waals surface area contributed by atoms with E-state index < -0.39 is 22.0 Å². The van der Waals surface area contributed by atoms with Gasteiger partial charge in [-0.1, -0.05) is 32.0 Å². The molecule has 7 heteroatoms. The average molecular weight is 285 g/mol. The van der Waals surface area contributed by atoms with Crippen molar-refractivity contribution in [3.8, 4) is 0 Å². The number of carbonyl (C=O) groups excluding carboxylic acids is 1. The second kappa shape index (κ2) is 6.14. The highest BCUT2D eigenvalue weighted by atomic mass is 32.2. The molecule has 0 saturated heterocycles. The van der Waals surface area contributed by atoms with Gasteiger partial charge in [0.15, 0.2) is 0 Å². The lowest BCUT2D eigenvalue weighted by molar-refractivity contribution is -0.120. The molecule has 0 aliphatic carbocycles. The SMILES string of the molecule is CC(C)C(NS(=O)(=O)c1ccccc1CN)C(N)=O. The summed E-state index contributed by atoms with van der Waals surface area (Å²) < 4.78 is 26.8. The number of amides is 1. The Morgan fingerprint density at radius 1 is 1.32 bits per heavy atom. The zero-order valence-corrected chi connectivity index (χ0v) is 11.8. The highest BCUT2D eigenvalue weighted by molar-refractivity contribution is 7.89. The van der Waals surface area contributed by atoms with Gasteiger partial charge in [-0.2, -0.15) is 4.72 Å². The van der Waals surface area contributed by atoms with Gasteiger partial charge in [0, 0.05) is 6.54 Å². The van der Waals surface area contributed by atoms with Crippen LogP contribution in [0.15, 0.2) is 29.2 Å². The van der Waals surface area contributed by atoms with Crippen LogP contribution in [0.25, 0.3) is 0 Å². The summed E-state index contributed by atoms with van der Waals surface area (Å²) in [6.45, 7) is 3.53. The van der Waals surface area contributed by atoms with E-state index in [2.05, 4.69) is 4.72 Å². The molecule has 0 spiro atoms. The molecule has 0 heterocycles. The summed E-state index contributed by atoms with van der Waals surface area (Å²) in [6, 6.07) is 5.43. The van der Waals surface area contributed by atoms with Crippen LogP contribution in [0.2, 0.25) is 0 Å². The van der Waals surface area contributed by atoms with E-state index in [1.54, 1.807) is 32.0 Å². The summed E-state index contributed by atoms with van der Waals surface area (Å²) in [6.07, 6.45) is 0. The number of sulfonamides is 1. The van der Waals surface area contributed by atoms with Gasteiger partial charge in [-0.15, -0.1) is 0 Å². The van der Waals surface area contributed by atoms with Gasteiger partial charge in [-0.05, 0) is 17.5 Å². The fraction of sp³-hybridized carbons (Fsp3) is 0.417. The average Bonchev–Trinajstić information content (AvgIpc) is 2.35. The fourth-order valence-electron chi connectivity index (χ4n) is 1.69. The van der Waals surface area contributed by atoms with Crippen molar-refractivity contribution in [1.82, 2.24) is 4.72 Å². The molecule has 1 rings (SSSR count). The topological polar surface area (TPSA) is 115 Å². The molecular weight excluding hydrogens is 266 g/mol. The molecule has 0 saturated carbocycles. The van der Waals surface area contributed by atoms with Crippen LogP contribution in [0, 0.1) is 5.92 Å². The quantitative estimate of drug-likeness (QED) is 0.678. The van der Waals surface area contributed by atoms with Crippen LogP contribution in [0.5, 0.6) is 0 Å². The molecule has 1 atom stereocenters. The lowest BCUT2D eigenvalue weighted by atomic mass is 10.1. The minimum Gasteiger partial charge on any atom is -0.368 e. The molecule has 106 valence electrons.